The van der Waals surface area contributed by atoms with Gasteiger partial charge in [-0.05, 0) is 43.7 Å². The van der Waals surface area contributed by atoms with E-state index < -0.39 is 11.6 Å². The zero-order chi connectivity index (χ0) is 12.3. The molecule has 1 aromatic rings. The van der Waals surface area contributed by atoms with Crippen LogP contribution in [-0.4, -0.2) is 0 Å². The molecule has 0 bridgehead atoms. The van der Waals surface area contributed by atoms with Gasteiger partial charge in [0.15, 0.2) is 0 Å². The highest BCUT2D eigenvalue weighted by atomic mass is 19.1. The third-order valence-electron chi connectivity index (χ3n) is 3.36. The van der Waals surface area contributed by atoms with Gasteiger partial charge in [-0.15, -0.1) is 0 Å². The molecule has 1 fully saturated rings. The molecule has 0 heterocycles. The van der Waals surface area contributed by atoms with Crippen molar-refractivity contribution in [2.24, 2.45) is 11.8 Å². The Kier molecular flexibility index (Phi) is 3.78. The quantitative estimate of drug-likeness (QED) is 0.592. The van der Waals surface area contributed by atoms with Crippen LogP contribution in [0.15, 0.2) is 18.2 Å². The van der Waals surface area contributed by atoms with E-state index in [0.29, 0.717) is 11.5 Å². The van der Waals surface area contributed by atoms with E-state index in [1.807, 2.05) is 0 Å². The maximum absolute atomic E-state index is 13.3. The zero-order valence-corrected chi connectivity index (χ0v) is 9.97. The molecule has 0 amide bonds. The monoisotopic (exact) mass is 234 g/mol. The Bertz CT molecular complexity index is 446. The Morgan fingerprint density at radius 1 is 1.12 bits per heavy atom. The lowest BCUT2D eigenvalue weighted by atomic mass is 9.83. The van der Waals surface area contributed by atoms with Crippen LogP contribution in [0, 0.1) is 35.3 Å². The fraction of sp³-hybridized carbons (Fsp3) is 0.467. The van der Waals surface area contributed by atoms with E-state index >= 15 is 0 Å². The molecule has 0 spiro atoms. The van der Waals surface area contributed by atoms with Crippen LogP contribution in [0.3, 0.4) is 0 Å². The minimum Gasteiger partial charge on any atom is -0.207 e. The molecule has 2 rings (SSSR count). The normalized spacial score (nSPS) is 23.9. The first-order valence-electron chi connectivity index (χ1n) is 6.12. The summed E-state index contributed by atoms with van der Waals surface area (Å²) in [5.74, 6) is 5.97. The van der Waals surface area contributed by atoms with Gasteiger partial charge in [0.25, 0.3) is 0 Å². The van der Waals surface area contributed by atoms with Gasteiger partial charge in [0, 0.05) is 12.0 Å². The fourth-order valence-electron chi connectivity index (χ4n) is 2.18. The summed E-state index contributed by atoms with van der Waals surface area (Å²) in [5, 5.41) is 0. The molecule has 1 aliphatic rings. The average Bonchev–Trinajstić information content (AvgIpc) is 2.30. The zero-order valence-electron chi connectivity index (χ0n) is 9.97. The molecule has 0 aliphatic heterocycles. The summed E-state index contributed by atoms with van der Waals surface area (Å²) in [6, 6.07) is 3.53. The van der Waals surface area contributed by atoms with Gasteiger partial charge in [-0.3, -0.25) is 0 Å². The maximum Gasteiger partial charge on any atom is 0.141 e. The molecule has 17 heavy (non-hydrogen) atoms. The minimum absolute atomic E-state index is 0.296. The number of hydrogen-bond donors (Lipinski definition) is 0. The number of rotatable bonds is 0. The summed E-state index contributed by atoms with van der Waals surface area (Å²) in [4.78, 5) is 0. The Balaban J connectivity index is 2.05. The van der Waals surface area contributed by atoms with Crippen molar-refractivity contribution in [3.8, 4) is 11.8 Å². The van der Waals surface area contributed by atoms with Gasteiger partial charge in [0.05, 0.1) is 5.56 Å². The number of benzene rings is 1. The molecule has 90 valence electrons. The molecule has 0 radical (unpaired) electrons. The second-order valence-corrected chi connectivity index (χ2v) is 4.85. The van der Waals surface area contributed by atoms with Gasteiger partial charge in [-0.25, -0.2) is 8.78 Å². The van der Waals surface area contributed by atoms with Crippen molar-refractivity contribution in [3.05, 3.63) is 35.4 Å². The van der Waals surface area contributed by atoms with Crippen molar-refractivity contribution in [1.29, 1.82) is 0 Å². The van der Waals surface area contributed by atoms with Crippen LogP contribution in [0.1, 0.15) is 38.2 Å². The second kappa shape index (κ2) is 5.31. The van der Waals surface area contributed by atoms with Crippen LogP contribution in [0.4, 0.5) is 8.78 Å². The third-order valence-corrected chi connectivity index (χ3v) is 3.36. The van der Waals surface area contributed by atoms with E-state index in [9.17, 15) is 8.78 Å². The molecule has 0 atom stereocenters. The van der Waals surface area contributed by atoms with Crippen LogP contribution < -0.4 is 0 Å². The first kappa shape index (κ1) is 12.1. The Morgan fingerprint density at radius 3 is 2.47 bits per heavy atom. The fourth-order valence-corrected chi connectivity index (χ4v) is 2.18. The number of halogens is 2. The lowest BCUT2D eigenvalue weighted by Gasteiger charge is -2.21. The summed E-state index contributed by atoms with van der Waals surface area (Å²) in [7, 11) is 0. The summed E-state index contributed by atoms with van der Waals surface area (Å²) in [5.41, 5.74) is 0.296. The highest BCUT2D eigenvalue weighted by Crippen LogP contribution is 2.27. The Morgan fingerprint density at radius 2 is 1.82 bits per heavy atom. The highest BCUT2D eigenvalue weighted by Gasteiger charge is 2.16. The van der Waals surface area contributed by atoms with E-state index in [2.05, 4.69) is 18.8 Å². The van der Waals surface area contributed by atoms with E-state index in [4.69, 9.17) is 0 Å². The van der Waals surface area contributed by atoms with Gasteiger partial charge in [-0.2, -0.15) is 0 Å². The summed E-state index contributed by atoms with van der Waals surface area (Å²) < 4.78 is 26.0. The van der Waals surface area contributed by atoms with E-state index in [-0.39, 0.29) is 0 Å². The Labute approximate surface area is 101 Å². The SMILES string of the molecule is CC1CCC(C#Cc2ccc(F)cc2F)CC1. The molecule has 0 aromatic heterocycles. The molecule has 2 heteroatoms. The molecule has 0 unspecified atom stereocenters. The van der Waals surface area contributed by atoms with Crippen molar-refractivity contribution in [3.63, 3.8) is 0 Å². The van der Waals surface area contributed by atoms with Crippen LogP contribution >= 0.6 is 0 Å². The first-order chi connectivity index (χ1) is 8.15. The molecule has 1 saturated carbocycles. The molecule has 1 aromatic carbocycles. The van der Waals surface area contributed by atoms with Gasteiger partial charge in [-0.1, -0.05) is 18.8 Å². The average molecular weight is 234 g/mol. The number of hydrogen-bond acceptors (Lipinski definition) is 0. The van der Waals surface area contributed by atoms with Crippen molar-refractivity contribution in [1.82, 2.24) is 0 Å². The molecule has 0 saturated heterocycles. The predicted octanol–water partition coefficient (Wildman–Crippen LogP) is 4.14. The van der Waals surface area contributed by atoms with Crippen molar-refractivity contribution < 1.29 is 8.78 Å². The van der Waals surface area contributed by atoms with Crippen LogP contribution in [0.25, 0.3) is 0 Å². The van der Waals surface area contributed by atoms with E-state index in [1.165, 1.54) is 25.0 Å². The standard InChI is InChI=1S/C15H16F2/c1-11-2-4-12(5-3-11)6-7-13-8-9-14(16)10-15(13)17/h8-12H,2-5H2,1H3. The van der Waals surface area contributed by atoms with E-state index in [0.717, 1.165) is 24.8 Å². The van der Waals surface area contributed by atoms with Crippen molar-refractivity contribution >= 4 is 0 Å². The first-order valence-corrected chi connectivity index (χ1v) is 6.12. The van der Waals surface area contributed by atoms with Crippen LogP contribution in [0.2, 0.25) is 0 Å². The highest BCUT2D eigenvalue weighted by molar-refractivity contribution is 5.36. The summed E-state index contributed by atoms with van der Waals surface area (Å²) >= 11 is 0. The van der Waals surface area contributed by atoms with Crippen molar-refractivity contribution in [2.45, 2.75) is 32.6 Å². The van der Waals surface area contributed by atoms with Gasteiger partial charge < -0.3 is 0 Å². The van der Waals surface area contributed by atoms with Gasteiger partial charge in [0.1, 0.15) is 11.6 Å². The molecular formula is C15H16F2. The smallest absolute Gasteiger partial charge is 0.141 e. The topological polar surface area (TPSA) is 0 Å². The van der Waals surface area contributed by atoms with Crippen molar-refractivity contribution in [2.75, 3.05) is 0 Å². The van der Waals surface area contributed by atoms with Crippen LogP contribution in [0.5, 0.6) is 0 Å². The predicted molar refractivity (Wildman–Crippen MR) is 64.4 cm³/mol. The molecule has 0 N–H and O–H groups in total. The third kappa shape index (κ3) is 3.30. The van der Waals surface area contributed by atoms with Gasteiger partial charge >= 0.3 is 0 Å². The Hall–Kier alpha value is -1.36. The lowest BCUT2D eigenvalue weighted by Crippen LogP contribution is -2.10. The largest absolute Gasteiger partial charge is 0.207 e. The maximum atomic E-state index is 13.3. The minimum atomic E-state index is -0.568. The second-order valence-electron chi connectivity index (χ2n) is 4.85. The molecular weight excluding hydrogens is 218 g/mol. The molecule has 1 aliphatic carbocycles. The molecule has 0 nitrogen and oxygen atoms in total. The lowest BCUT2D eigenvalue weighted by molar-refractivity contribution is 0.337. The van der Waals surface area contributed by atoms with Gasteiger partial charge in [0.2, 0.25) is 0 Å². The van der Waals surface area contributed by atoms with E-state index in [1.54, 1.807) is 0 Å². The summed E-state index contributed by atoms with van der Waals surface area (Å²) in [6.45, 7) is 2.25. The van der Waals surface area contributed by atoms with Crippen LogP contribution in [-0.2, 0) is 0 Å². The summed E-state index contributed by atoms with van der Waals surface area (Å²) in [6.07, 6.45) is 4.59.